The number of Topliss-reactive ketones (excluding diaryl/α,β-unsaturated/α-hetero) is 3. The van der Waals surface area contributed by atoms with Crippen molar-refractivity contribution >= 4 is 92.1 Å². The Morgan fingerprint density at radius 3 is 1.15 bits per heavy atom. The number of nitrogens with one attached hydrogen (secondary N) is 2. The third kappa shape index (κ3) is 19.2. The smallest absolute Gasteiger partial charge is 0.369 e. The first kappa shape index (κ1) is 102. The van der Waals surface area contributed by atoms with Crippen LogP contribution in [0.5, 0.6) is 5.75 Å². The lowest BCUT2D eigenvalue weighted by Gasteiger charge is -2.64. The zero-order chi connectivity index (χ0) is 99.0. The molecule has 25 rings (SSSR count). The Labute approximate surface area is 857 Å². The van der Waals surface area contributed by atoms with E-state index in [0.29, 0.717) is 86.2 Å². The number of nitrogens with zero attached hydrogens (tertiary/aromatic N) is 5. The third-order valence-corrected chi connectivity index (χ3v) is 35.1. The Kier molecular flexibility index (Phi) is 29.6. The number of carbonyl (C=O) groups is 7. The summed E-state index contributed by atoms with van der Waals surface area (Å²) >= 11 is 9.31. The van der Waals surface area contributed by atoms with Crippen molar-refractivity contribution in [2.75, 3.05) is 66.0 Å². The Morgan fingerprint density at radius 1 is 0.451 bits per heavy atom. The van der Waals surface area contributed by atoms with Gasteiger partial charge in [0.15, 0.2) is 11.6 Å². The lowest BCUT2D eigenvalue weighted by molar-refractivity contribution is -0.181. The molecule has 4 aliphatic heterocycles. The number of H-pyrrole nitrogens is 2. The van der Waals surface area contributed by atoms with Crippen LogP contribution in [0.3, 0.4) is 0 Å². The van der Waals surface area contributed by atoms with Crippen molar-refractivity contribution in [2.45, 2.75) is 257 Å². The summed E-state index contributed by atoms with van der Waals surface area (Å²) in [5.74, 6) is 2.28. The second-order valence-corrected chi connectivity index (χ2v) is 50.0. The van der Waals surface area contributed by atoms with Crippen molar-refractivity contribution in [3.8, 4) is 5.75 Å². The number of aliphatic hydroxyl groups is 4. The molecular formula is C116H131BBr3N7O15. The van der Waals surface area contributed by atoms with Crippen LogP contribution in [-0.4, -0.2) is 213 Å². The number of ether oxygens (including phenoxy) is 1. The fourth-order valence-electron chi connectivity index (χ4n) is 27.4. The molecule has 10 fully saturated rings. The molecule has 0 spiro atoms. The van der Waals surface area contributed by atoms with E-state index in [1.165, 1.54) is 114 Å². The lowest BCUT2D eigenvalue weighted by atomic mass is 9.48. The average Bonchev–Trinajstić information content (AvgIpc) is 1.44. The molecule has 13 atom stereocenters. The number of aromatic nitrogens is 2. The number of hydrogen-bond donors (Lipinski definition) is 7. The van der Waals surface area contributed by atoms with Gasteiger partial charge in [-0.2, -0.15) is 0 Å². The summed E-state index contributed by atoms with van der Waals surface area (Å²) in [4.78, 5) is 128. The summed E-state index contributed by atoms with van der Waals surface area (Å²) in [6.45, 7) is 21.2. The molecular weight excluding hydrogens is 1980 g/mol. The molecule has 9 aromatic rings. The lowest BCUT2D eigenvalue weighted by Crippen LogP contribution is -2.74. The van der Waals surface area contributed by atoms with Crippen molar-refractivity contribution in [3.05, 3.63) is 320 Å². The van der Waals surface area contributed by atoms with Crippen LogP contribution in [0, 0.1) is 56.9 Å². The molecule has 12 aliphatic carbocycles. The highest BCUT2D eigenvalue weighted by atomic mass is 79.9. The fourth-order valence-corrected chi connectivity index (χ4v) is 27.4. The molecule has 7 N–H and O–H groups in total. The molecule has 6 saturated carbocycles. The van der Waals surface area contributed by atoms with E-state index in [0.717, 1.165) is 156 Å². The van der Waals surface area contributed by atoms with E-state index in [4.69, 9.17) is 11.4 Å². The summed E-state index contributed by atoms with van der Waals surface area (Å²) < 4.78 is 4.13. The van der Waals surface area contributed by atoms with E-state index >= 15 is 0 Å². The van der Waals surface area contributed by atoms with Crippen LogP contribution in [0.2, 0.25) is 0 Å². The number of fused-ring (bicyclic) bond motifs is 6. The van der Waals surface area contributed by atoms with Crippen LogP contribution >= 0.6 is 47.3 Å². The molecule has 142 heavy (non-hydrogen) atoms. The molecule has 0 amide bonds. The number of phenols is 1. The Hall–Kier alpha value is -9.60. The van der Waals surface area contributed by atoms with Crippen molar-refractivity contribution in [1.82, 2.24) is 29.6 Å². The number of methoxy groups -OCH3 is 1. The van der Waals surface area contributed by atoms with Gasteiger partial charge in [-0.25, -0.2) is 6.57 Å². The number of pyridine rings is 2. The summed E-state index contributed by atoms with van der Waals surface area (Å²) in [5, 5.41) is 59.8. The van der Waals surface area contributed by atoms with Crippen molar-refractivity contribution in [2.24, 2.45) is 29.6 Å². The quantitative estimate of drug-likeness (QED) is 0.0155. The maximum atomic E-state index is 13.2. The SMILES string of the molecule is BrB(Br)Br.C.COC=O.Cc1ccc2c(c1)[C@]13CCN(CC4CC4)[C@H](C2)[C@]1(O)CC(C=O)C(=O)C3.Cc1ccc2c(c1)[C@]13CCN(CC4CC4)[C@H](C2)[C@]1(O)CCC(=O)C3.Cc1ccc2c(c1)[C@]13CCN(CC4CC4)[C@H](C2)[C@]1(O)Cc1cc(C(=O)c2ccccc2)c(=O)[nH]c1C3.O=C(c1ccccc1)c1cc2c([nH]c1=O)C[C@]13CCN(CC4CC4)[C@H](Cc4ccc(O)cc41)[C@]3(O)C2.[C-]#[N+]CC(=O)c1ccccc1. The number of aryl methyl sites for hydroxylation is 3. The first-order valence-electron chi connectivity index (χ1n) is 50.7. The number of aldehydes is 1. The molecule has 2 aromatic heterocycles. The maximum Gasteiger partial charge on any atom is 0.369 e. The number of ketones is 5. The molecule has 744 valence electrons. The van der Waals surface area contributed by atoms with Crippen LogP contribution in [0.4, 0.5) is 0 Å². The molecule has 16 aliphatic rings. The van der Waals surface area contributed by atoms with Gasteiger partial charge in [-0.3, -0.25) is 58.0 Å². The second kappa shape index (κ2) is 41.0. The maximum absolute atomic E-state index is 13.2. The third-order valence-electron chi connectivity index (χ3n) is 35.1. The van der Waals surface area contributed by atoms with Gasteiger partial charge in [-0.1, -0.05) is 176 Å². The number of aromatic hydroxyl groups is 1. The molecule has 6 heterocycles. The number of piperidine rings is 4. The summed E-state index contributed by atoms with van der Waals surface area (Å²) in [7, 11) is 1.31. The van der Waals surface area contributed by atoms with E-state index in [-0.39, 0.29) is 104 Å². The molecule has 0 radical (unpaired) electrons. The highest BCUT2D eigenvalue weighted by Gasteiger charge is 2.70. The number of benzene rings is 7. The van der Waals surface area contributed by atoms with E-state index < -0.39 is 44.6 Å². The van der Waals surface area contributed by atoms with Crippen molar-refractivity contribution in [1.29, 1.82) is 0 Å². The minimum absolute atomic E-state index is 0. The van der Waals surface area contributed by atoms with Crippen molar-refractivity contribution in [3.63, 3.8) is 0 Å². The average molecular weight is 2110 g/mol. The van der Waals surface area contributed by atoms with Crippen LogP contribution in [0.25, 0.3) is 4.85 Å². The van der Waals surface area contributed by atoms with Gasteiger partial charge < -0.3 is 49.9 Å². The highest BCUT2D eigenvalue weighted by molar-refractivity contribution is 9.69. The van der Waals surface area contributed by atoms with Gasteiger partial charge in [0.1, 0.15) is 23.6 Å². The standard InChI is InChI=1S/C31H32N2O3.C30H30N2O4.C22H27NO3.C21H27NO2.C9H7NO.C2H4O2.CH4.BBr3/c1-19-7-10-22-15-27-31(36)16-23-14-24(28(34)21-5-3-2-4-6-21)29(35)32-26(23)17-30(31,25(22)13-19)11-12-33(27)18-20-8-9-20;33-22-9-8-20-13-26-30(36)15-21-12-23(27(34)19-4-2-1-3-5-19)28(35)31-25(21)16-29(30,24(20)14-22)10-11-32(26)17-18-6-7-18;1-14-2-5-16-9-20-22(26)10-17(13-24)19(25)11-21(22,18(16)8-14)6-7-23(20)12-15-3-4-15;1-14-2-5-16-11-19-21(24)7-6-17(23)12-20(21,18(16)10-14)8-9-22(19)13-15-3-4-15;1-10-7-9(11)8-5-3-2-4-6-8;1-4-2-3;;2-1(3)4/h2-7,10,13-14,20,27,36H,8-9,11-12,15-18H2,1H3,(H,32,35);1-5,8-9,12,14,18,26,33,36H,6-7,10-11,13,15-17H2,(H,31,35);2,5,8,13,15,17,20,26H,3-4,6-7,9-12H2,1H3;2,5,10,15,19,24H,3-4,6-9,11-13H2,1H3;2-6H,7H2;2H,1H3;1H4;/t27-,30-,31-;26-,29-,30-;17?,20-,21-,22-;19-,20-,21-;;;;/m1111..../s1. The van der Waals surface area contributed by atoms with E-state index in [9.17, 15) is 63.9 Å². The van der Waals surface area contributed by atoms with Gasteiger partial charge >= 0.3 is 3.18 Å². The second-order valence-electron chi connectivity index (χ2n) is 43.6. The Balaban J connectivity index is 0.000000118. The van der Waals surface area contributed by atoms with Gasteiger partial charge in [0.2, 0.25) is 5.78 Å². The van der Waals surface area contributed by atoms with Crippen molar-refractivity contribution < 1.29 is 63.8 Å². The zero-order valence-corrected chi connectivity index (χ0v) is 85.7. The van der Waals surface area contributed by atoms with Gasteiger partial charge in [-0.05, 0) is 266 Å². The van der Waals surface area contributed by atoms with Gasteiger partial charge in [0.05, 0.1) is 46.6 Å². The van der Waals surface area contributed by atoms with Crippen LogP contribution < -0.4 is 11.1 Å². The van der Waals surface area contributed by atoms with Crippen LogP contribution in [0.15, 0.2) is 186 Å². The predicted octanol–water partition coefficient (Wildman–Crippen LogP) is 16.2. The van der Waals surface area contributed by atoms with E-state index in [1.807, 2.05) is 42.5 Å². The number of likely N-dealkylation sites (tertiary alicyclic amines) is 4. The number of rotatable bonds is 16. The summed E-state index contributed by atoms with van der Waals surface area (Å²) in [6.07, 6.45) is 22.0. The van der Waals surface area contributed by atoms with Gasteiger partial charge in [0.25, 0.3) is 24.1 Å². The molecule has 7 aromatic carbocycles. The summed E-state index contributed by atoms with van der Waals surface area (Å²) in [5.41, 5.74) is 12.4. The first-order chi connectivity index (χ1) is 67.7. The largest absolute Gasteiger partial charge is 0.508 e. The molecule has 8 bridgehead atoms. The number of aromatic amines is 2. The molecule has 4 saturated heterocycles. The molecule has 22 nitrogen and oxygen atoms in total. The molecule has 26 heteroatoms. The van der Waals surface area contributed by atoms with Crippen LogP contribution in [-0.2, 0) is 96.9 Å². The van der Waals surface area contributed by atoms with E-state index in [2.05, 4.69) is 162 Å². The first-order valence-corrected chi connectivity index (χ1v) is 53.5. The fraction of sp³-hybridized carbons (Fsp3) is 0.483. The minimum atomic E-state index is -1.06. The Bertz CT molecular complexity index is 6280. The predicted molar refractivity (Wildman–Crippen MR) is 560 cm³/mol. The number of carbonyl (C=O) groups excluding carboxylic acids is 7. The number of hydrogen-bond acceptors (Lipinski definition) is 19. The van der Waals surface area contributed by atoms with Gasteiger partial charge in [-0.15, -0.1) is 47.3 Å². The monoisotopic (exact) mass is 2110 g/mol. The van der Waals surface area contributed by atoms with E-state index in [1.54, 1.807) is 78.9 Å². The normalized spacial score (nSPS) is 29.2. The molecule has 1 unspecified atom stereocenters. The zero-order valence-electron chi connectivity index (χ0n) is 80.9. The summed E-state index contributed by atoms with van der Waals surface area (Å²) in [6, 6.07) is 55.8. The number of halogens is 3. The Morgan fingerprint density at radius 2 is 0.789 bits per heavy atom. The highest BCUT2D eigenvalue weighted by Crippen LogP contribution is 2.64. The van der Waals surface area contributed by atoms with Crippen LogP contribution in [0.1, 0.15) is 242 Å². The minimum Gasteiger partial charge on any atom is -0.508 e. The topological polar surface area (TPSA) is 313 Å². The number of phenolic OH excluding ortho intramolecular Hbond substituents is 1. The van der Waals surface area contributed by atoms with Gasteiger partial charge in [0, 0.05) is 145 Å².